The summed E-state index contributed by atoms with van der Waals surface area (Å²) < 4.78 is 34.5. The number of nitrogens with one attached hydrogen (secondary N) is 1. The summed E-state index contributed by atoms with van der Waals surface area (Å²) >= 11 is 0. The number of rotatable bonds is 6. The lowest BCUT2D eigenvalue weighted by Gasteiger charge is -2.30. The molecule has 0 spiro atoms. The highest BCUT2D eigenvalue weighted by Gasteiger charge is 2.35. The minimum Gasteiger partial charge on any atom is -0.410 e. The van der Waals surface area contributed by atoms with Gasteiger partial charge in [-0.3, -0.25) is 5.32 Å². The lowest BCUT2D eigenvalue weighted by Crippen LogP contribution is -2.37. The highest BCUT2D eigenvalue weighted by atomic mass is 32.2. The monoisotopic (exact) mass is 496 g/mol. The van der Waals surface area contributed by atoms with E-state index in [2.05, 4.69) is 15.2 Å². The van der Waals surface area contributed by atoms with E-state index in [4.69, 9.17) is 14.5 Å². The van der Waals surface area contributed by atoms with Gasteiger partial charge in [-0.25, -0.2) is 23.2 Å². The van der Waals surface area contributed by atoms with Crippen LogP contribution in [-0.4, -0.2) is 57.0 Å². The third-order valence-corrected chi connectivity index (χ3v) is 8.00. The van der Waals surface area contributed by atoms with Gasteiger partial charge in [0.2, 0.25) is 0 Å². The van der Waals surface area contributed by atoms with E-state index in [1.165, 1.54) is 6.26 Å². The smallest absolute Gasteiger partial charge is 0.410 e. The standard InChI is InChI=1S/C25H28N4O5S/c1-25(2,35(3,31)32)21-17-22(29-13-15-33-16-14-29)28-23(27-21)18-9-11-19(12-10-18)26-24(30)34-20-7-5-4-6-8-20/h4-12,17H,13-16H2,1-3H3,(H,26,30). The van der Waals surface area contributed by atoms with Gasteiger partial charge in [0.15, 0.2) is 15.7 Å². The second-order valence-corrected chi connectivity index (χ2v) is 11.3. The number of hydrogen-bond donors (Lipinski definition) is 1. The number of carbonyl (C=O) groups is 1. The number of nitrogens with zero attached hydrogens (tertiary/aromatic N) is 3. The molecule has 1 aliphatic rings. The van der Waals surface area contributed by atoms with E-state index < -0.39 is 20.7 Å². The van der Waals surface area contributed by atoms with Gasteiger partial charge in [-0.15, -0.1) is 0 Å². The molecule has 1 saturated heterocycles. The van der Waals surface area contributed by atoms with Crippen LogP contribution in [0.2, 0.25) is 0 Å². The summed E-state index contributed by atoms with van der Waals surface area (Å²) in [7, 11) is -3.44. The molecule has 2 aromatic carbocycles. The second-order valence-electron chi connectivity index (χ2n) is 8.72. The molecule has 0 aliphatic carbocycles. The molecule has 1 amide bonds. The van der Waals surface area contributed by atoms with Crippen LogP contribution in [0.25, 0.3) is 11.4 Å². The first-order valence-corrected chi connectivity index (χ1v) is 13.1. The average Bonchev–Trinajstić information content (AvgIpc) is 2.84. The molecule has 0 atom stereocenters. The quantitative estimate of drug-likeness (QED) is 0.548. The Kier molecular flexibility index (Phi) is 7.04. The van der Waals surface area contributed by atoms with Gasteiger partial charge in [0.05, 0.1) is 18.9 Å². The van der Waals surface area contributed by atoms with Crippen LogP contribution < -0.4 is 15.0 Å². The molecule has 1 aliphatic heterocycles. The molecule has 184 valence electrons. The summed E-state index contributed by atoms with van der Waals surface area (Å²) in [4.78, 5) is 23.6. The molecule has 10 heteroatoms. The van der Waals surface area contributed by atoms with Crippen molar-refractivity contribution in [2.45, 2.75) is 18.6 Å². The van der Waals surface area contributed by atoms with Crippen LogP contribution in [0.4, 0.5) is 16.3 Å². The fourth-order valence-corrected chi connectivity index (χ4v) is 3.94. The summed E-state index contributed by atoms with van der Waals surface area (Å²) in [6.45, 7) is 5.74. The Morgan fingerprint density at radius 2 is 1.69 bits per heavy atom. The zero-order valence-corrected chi connectivity index (χ0v) is 20.7. The summed E-state index contributed by atoms with van der Waals surface area (Å²) in [5.74, 6) is 1.49. The van der Waals surface area contributed by atoms with Crippen LogP contribution in [0.5, 0.6) is 5.75 Å². The predicted octanol–water partition coefficient (Wildman–Crippen LogP) is 3.87. The zero-order chi connectivity index (χ0) is 25.1. The Morgan fingerprint density at radius 3 is 2.31 bits per heavy atom. The van der Waals surface area contributed by atoms with Crippen LogP contribution in [0.3, 0.4) is 0 Å². The van der Waals surface area contributed by atoms with E-state index in [9.17, 15) is 13.2 Å². The fraction of sp³-hybridized carbons (Fsp3) is 0.320. The number of para-hydroxylation sites is 1. The van der Waals surface area contributed by atoms with Crippen molar-refractivity contribution in [3.05, 3.63) is 66.4 Å². The van der Waals surface area contributed by atoms with Crippen LogP contribution in [-0.2, 0) is 19.3 Å². The van der Waals surface area contributed by atoms with Crippen LogP contribution in [0.15, 0.2) is 60.7 Å². The van der Waals surface area contributed by atoms with Crippen LogP contribution in [0.1, 0.15) is 19.5 Å². The molecule has 4 rings (SSSR count). The molecular formula is C25H28N4O5S. The first-order valence-electron chi connectivity index (χ1n) is 11.2. The third kappa shape index (κ3) is 5.77. The summed E-state index contributed by atoms with van der Waals surface area (Å²) in [6.07, 6.45) is 0.602. The number of anilines is 2. The number of hydrogen-bond acceptors (Lipinski definition) is 8. The first-order chi connectivity index (χ1) is 16.6. The Labute approximate surface area is 205 Å². The van der Waals surface area contributed by atoms with E-state index >= 15 is 0 Å². The lowest BCUT2D eigenvalue weighted by molar-refractivity contribution is 0.122. The van der Waals surface area contributed by atoms with Gasteiger partial charge < -0.3 is 14.4 Å². The van der Waals surface area contributed by atoms with Crippen molar-refractivity contribution in [3.63, 3.8) is 0 Å². The van der Waals surface area contributed by atoms with Crippen molar-refractivity contribution >= 4 is 27.4 Å². The molecular weight excluding hydrogens is 468 g/mol. The Bertz CT molecular complexity index is 1290. The number of morpholine rings is 1. The maximum atomic E-state index is 12.5. The van der Waals surface area contributed by atoms with Crippen molar-refractivity contribution in [3.8, 4) is 17.1 Å². The van der Waals surface area contributed by atoms with Gasteiger partial charge in [-0.2, -0.15) is 0 Å². The summed E-state index contributed by atoms with van der Waals surface area (Å²) in [6, 6.07) is 17.5. The Hall–Kier alpha value is -3.50. The number of amides is 1. The maximum absolute atomic E-state index is 12.5. The number of aromatic nitrogens is 2. The molecule has 0 radical (unpaired) electrons. The minimum atomic E-state index is -3.44. The molecule has 1 aromatic heterocycles. The van der Waals surface area contributed by atoms with Gasteiger partial charge in [-0.05, 0) is 50.2 Å². The van der Waals surface area contributed by atoms with Gasteiger partial charge in [0.25, 0.3) is 0 Å². The molecule has 1 fully saturated rings. The largest absolute Gasteiger partial charge is 0.417 e. The van der Waals surface area contributed by atoms with E-state index in [1.807, 2.05) is 6.07 Å². The topological polar surface area (TPSA) is 111 Å². The van der Waals surface area contributed by atoms with E-state index in [-0.39, 0.29) is 0 Å². The number of carbonyl (C=O) groups excluding carboxylic acids is 1. The minimum absolute atomic E-state index is 0.402. The summed E-state index contributed by atoms with van der Waals surface area (Å²) in [5, 5.41) is 2.68. The molecule has 35 heavy (non-hydrogen) atoms. The molecule has 3 aromatic rings. The molecule has 9 nitrogen and oxygen atoms in total. The molecule has 0 saturated carbocycles. The van der Waals surface area contributed by atoms with Crippen molar-refractivity contribution in [1.29, 1.82) is 0 Å². The van der Waals surface area contributed by atoms with Crippen molar-refractivity contribution in [1.82, 2.24) is 9.97 Å². The van der Waals surface area contributed by atoms with Gasteiger partial charge in [0.1, 0.15) is 16.3 Å². The van der Waals surface area contributed by atoms with E-state index in [0.29, 0.717) is 60.6 Å². The maximum Gasteiger partial charge on any atom is 0.417 e. The second kappa shape index (κ2) is 10.0. The van der Waals surface area contributed by atoms with E-state index in [1.54, 1.807) is 68.4 Å². The number of ether oxygens (including phenoxy) is 2. The highest BCUT2D eigenvalue weighted by Crippen LogP contribution is 2.32. The van der Waals surface area contributed by atoms with Crippen LogP contribution in [0, 0.1) is 0 Å². The van der Waals surface area contributed by atoms with Gasteiger partial charge in [-0.1, -0.05) is 18.2 Å². The predicted molar refractivity (Wildman–Crippen MR) is 134 cm³/mol. The van der Waals surface area contributed by atoms with Crippen molar-refractivity contribution in [2.75, 3.05) is 42.8 Å². The van der Waals surface area contributed by atoms with Crippen LogP contribution >= 0.6 is 0 Å². The van der Waals surface area contributed by atoms with Crippen molar-refractivity contribution < 1.29 is 22.7 Å². The molecule has 0 bridgehead atoms. The highest BCUT2D eigenvalue weighted by molar-refractivity contribution is 7.91. The first kappa shape index (κ1) is 24.6. The number of benzene rings is 2. The normalized spacial score (nSPS) is 14.4. The fourth-order valence-electron chi connectivity index (χ4n) is 3.46. The molecule has 1 N–H and O–H groups in total. The Morgan fingerprint density at radius 1 is 1.03 bits per heavy atom. The SMILES string of the molecule is CC(C)(c1cc(N2CCOCC2)nc(-c2ccc(NC(=O)Oc3ccccc3)cc2)n1)S(C)(=O)=O. The van der Waals surface area contributed by atoms with Gasteiger partial charge >= 0.3 is 6.09 Å². The third-order valence-electron chi connectivity index (χ3n) is 5.93. The molecule has 2 heterocycles. The van der Waals surface area contributed by atoms with Crippen molar-refractivity contribution in [2.24, 2.45) is 0 Å². The lowest BCUT2D eigenvalue weighted by atomic mass is 10.1. The Balaban J connectivity index is 1.61. The number of sulfone groups is 1. The molecule has 0 unspecified atom stereocenters. The zero-order valence-electron chi connectivity index (χ0n) is 19.9. The average molecular weight is 497 g/mol. The van der Waals surface area contributed by atoms with Gasteiger partial charge in [0, 0.05) is 36.7 Å². The van der Waals surface area contributed by atoms with E-state index in [0.717, 1.165) is 0 Å². The summed E-state index contributed by atoms with van der Waals surface area (Å²) in [5.41, 5.74) is 1.64.